The Labute approximate surface area is 112 Å². The second kappa shape index (κ2) is 5.67. The minimum absolute atomic E-state index is 0.409. The van der Waals surface area contributed by atoms with E-state index in [0.29, 0.717) is 11.1 Å². The van der Waals surface area contributed by atoms with E-state index in [1.54, 1.807) is 0 Å². The maximum Gasteiger partial charge on any atom is 0.101 e. The predicted octanol–water partition coefficient (Wildman–Crippen LogP) is 3.95. The van der Waals surface area contributed by atoms with E-state index in [9.17, 15) is 10.5 Å². The van der Waals surface area contributed by atoms with Crippen LogP contribution in [0.15, 0.2) is 54.6 Å². The molecule has 2 nitrogen and oxygen atoms in total. The van der Waals surface area contributed by atoms with Crippen LogP contribution in [0.5, 0.6) is 0 Å². The number of hydrogen-bond donors (Lipinski definition) is 0. The molecule has 0 spiro atoms. The van der Waals surface area contributed by atoms with Crippen LogP contribution < -0.4 is 0 Å². The van der Waals surface area contributed by atoms with Gasteiger partial charge in [-0.1, -0.05) is 60.2 Å². The number of aryl methyl sites for hydroxylation is 1. The van der Waals surface area contributed by atoms with E-state index in [4.69, 9.17) is 0 Å². The van der Waals surface area contributed by atoms with Crippen molar-refractivity contribution < 1.29 is 0 Å². The van der Waals surface area contributed by atoms with Crippen molar-refractivity contribution in [3.8, 4) is 12.1 Å². The second-order valence-corrected chi connectivity index (χ2v) is 4.21. The predicted molar refractivity (Wildman–Crippen MR) is 75.7 cm³/mol. The van der Waals surface area contributed by atoms with Gasteiger partial charge in [0.05, 0.1) is 11.1 Å². The molecule has 0 saturated carbocycles. The molecule has 0 amide bonds. The summed E-state index contributed by atoms with van der Waals surface area (Å²) in [6, 6.07) is 21.2. The molecule has 0 aliphatic carbocycles. The van der Waals surface area contributed by atoms with E-state index in [2.05, 4.69) is 12.1 Å². The molecule has 2 rings (SSSR count). The van der Waals surface area contributed by atoms with Crippen molar-refractivity contribution in [1.82, 2.24) is 0 Å². The first-order chi connectivity index (χ1) is 9.26. The maximum absolute atomic E-state index is 9.35. The summed E-state index contributed by atoms with van der Waals surface area (Å²) in [6.07, 6.45) is 0. The lowest BCUT2D eigenvalue weighted by atomic mass is 9.96. The van der Waals surface area contributed by atoms with Crippen LogP contribution in [0.3, 0.4) is 0 Å². The number of allylic oxidation sites excluding steroid dienone is 2. The van der Waals surface area contributed by atoms with E-state index in [1.807, 2.05) is 61.5 Å². The quantitative estimate of drug-likeness (QED) is 0.593. The van der Waals surface area contributed by atoms with E-state index in [1.165, 1.54) is 0 Å². The molecule has 0 aliphatic rings. The molecule has 0 aliphatic heterocycles. The highest BCUT2D eigenvalue weighted by Crippen LogP contribution is 2.25. The SMILES string of the molecule is Cc1ccc(/C(C#N)=C(\C#N)c2ccccc2)cc1. The molecule has 0 bridgehead atoms. The molecule has 0 atom stereocenters. The average molecular weight is 244 g/mol. The van der Waals surface area contributed by atoms with E-state index >= 15 is 0 Å². The van der Waals surface area contributed by atoms with Crippen molar-refractivity contribution in [2.45, 2.75) is 6.92 Å². The van der Waals surface area contributed by atoms with Gasteiger partial charge in [-0.25, -0.2) is 0 Å². The van der Waals surface area contributed by atoms with Crippen molar-refractivity contribution in [3.63, 3.8) is 0 Å². The van der Waals surface area contributed by atoms with Gasteiger partial charge in [0, 0.05) is 0 Å². The first-order valence-electron chi connectivity index (χ1n) is 5.93. The average Bonchev–Trinajstić information content (AvgIpc) is 2.47. The molecule has 2 heteroatoms. The zero-order valence-corrected chi connectivity index (χ0v) is 10.6. The van der Waals surface area contributed by atoms with Gasteiger partial charge in [0.15, 0.2) is 0 Å². The Morgan fingerprint density at radius 2 is 1.21 bits per heavy atom. The highest BCUT2D eigenvalue weighted by atomic mass is 14.3. The Hall–Kier alpha value is -2.84. The van der Waals surface area contributed by atoms with Gasteiger partial charge in [0.25, 0.3) is 0 Å². The molecule has 0 unspecified atom stereocenters. The highest BCUT2D eigenvalue weighted by Gasteiger charge is 2.10. The van der Waals surface area contributed by atoms with E-state index < -0.39 is 0 Å². The highest BCUT2D eigenvalue weighted by molar-refractivity contribution is 6.02. The van der Waals surface area contributed by atoms with Gasteiger partial charge < -0.3 is 0 Å². The summed E-state index contributed by atoms with van der Waals surface area (Å²) in [5.41, 5.74) is 3.48. The maximum atomic E-state index is 9.35. The second-order valence-electron chi connectivity index (χ2n) is 4.21. The first kappa shape index (κ1) is 12.6. The van der Waals surface area contributed by atoms with Crippen LogP contribution in [0.2, 0.25) is 0 Å². The molecule has 0 fully saturated rings. The fourth-order valence-electron chi connectivity index (χ4n) is 1.85. The summed E-state index contributed by atoms with van der Waals surface area (Å²) >= 11 is 0. The summed E-state index contributed by atoms with van der Waals surface area (Å²) in [7, 11) is 0. The van der Waals surface area contributed by atoms with Gasteiger partial charge in [-0.2, -0.15) is 10.5 Å². The fraction of sp³-hybridized carbons (Fsp3) is 0.0588. The van der Waals surface area contributed by atoms with Gasteiger partial charge in [-0.15, -0.1) is 0 Å². The lowest BCUT2D eigenvalue weighted by Crippen LogP contribution is -1.89. The summed E-state index contributed by atoms with van der Waals surface area (Å²) in [5.74, 6) is 0. The summed E-state index contributed by atoms with van der Waals surface area (Å²) in [5, 5.41) is 18.7. The Balaban J connectivity index is 2.61. The minimum Gasteiger partial charge on any atom is -0.192 e. The molecule has 0 N–H and O–H groups in total. The topological polar surface area (TPSA) is 47.6 Å². The van der Waals surface area contributed by atoms with Crippen molar-refractivity contribution >= 4 is 11.1 Å². The molecule has 90 valence electrons. The van der Waals surface area contributed by atoms with Crippen LogP contribution in [0, 0.1) is 29.6 Å². The van der Waals surface area contributed by atoms with Crippen LogP contribution in [-0.2, 0) is 0 Å². The lowest BCUT2D eigenvalue weighted by Gasteiger charge is -2.04. The van der Waals surface area contributed by atoms with Gasteiger partial charge in [0.2, 0.25) is 0 Å². The third-order valence-electron chi connectivity index (χ3n) is 2.88. The van der Waals surface area contributed by atoms with Crippen LogP contribution >= 0.6 is 0 Å². The minimum atomic E-state index is 0.409. The smallest absolute Gasteiger partial charge is 0.101 e. The van der Waals surface area contributed by atoms with Crippen molar-refractivity contribution in [1.29, 1.82) is 10.5 Å². The summed E-state index contributed by atoms with van der Waals surface area (Å²) in [6.45, 7) is 1.99. The van der Waals surface area contributed by atoms with Gasteiger partial charge >= 0.3 is 0 Å². The van der Waals surface area contributed by atoms with Gasteiger partial charge in [0.1, 0.15) is 12.1 Å². The lowest BCUT2D eigenvalue weighted by molar-refractivity contribution is 1.45. The fourth-order valence-corrected chi connectivity index (χ4v) is 1.85. The number of nitriles is 2. The molecular weight excluding hydrogens is 232 g/mol. The third-order valence-corrected chi connectivity index (χ3v) is 2.88. The Morgan fingerprint density at radius 1 is 0.737 bits per heavy atom. The number of hydrogen-bond acceptors (Lipinski definition) is 2. The number of rotatable bonds is 2. The molecule has 19 heavy (non-hydrogen) atoms. The van der Waals surface area contributed by atoms with Crippen LogP contribution in [-0.4, -0.2) is 0 Å². The normalized spacial score (nSPS) is 11.1. The van der Waals surface area contributed by atoms with E-state index in [-0.39, 0.29) is 0 Å². The van der Waals surface area contributed by atoms with Crippen molar-refractivity contribution in [3.05, 3.63) is 71.3 Å². The van der Waals surface area contributed by atoms with Crippen molar-refractivity contribution in [2.24, 2.45) is 0 Å². The molecule has 0 aromatic heterocycles. The standard InChI is InChI=1S/C17H12N2/c1-13-7-9-15(10-8-13)17(12-19)16(11-18)14-5-3-2-4-6-14/h2-10H,1H3/b17-16+. The molecule has 0 heterocycles. The Kier molecular flexibility index (Phi) is 3.76. The monoisotopic (exact) mass is 244 g/mol. The largest absolute Gasteiger partial charge is 0.192 e. The van der Waals surface area contributed by atoms with Gasteiger partial charge in [-0.3, -0.25) is 0 Å². The Bertz CT molecular complexity index is 681. The molecule has 0 radical (unpaired) electrons. The van der Waals surface area contributed by atoms with E-state index in [0.717, 1.165) is 16.7 Å². The summed E-state index contributed by atoms with van der Waals surface area (Å²) < 4.78 is 0. The van der Waals surface area contributed by atoms with Crippen LogP contribution in [0.1, 0.15) is 16.7 Å². The first-order valence-corrected chi connectivity index (χ1v) is 5.93. The molecule has 2 aromatic carbocycles. The number of nitrogens with zero attached hydrogens (tertiary/aromatic N) is 2. The molecular formula is C17H12N2. The molecule has 2 aromatic rings. The zero-order chi connectivity index (χ0) is 13.7. The van der Waals surface area contributed by atoms with Crippen molar-refractivity contribution in [2.75, 3.05) is 0 Å². The van der Waals surface area contributed by atoms with Crippen LogP contribution in [0.25, 0.3) is 11.1 Å². The zero-order valence-electron chi connectivity index (χ0n) is 10.6. The van der Waals surface area contributed by atoms with Gasteiger partial charge in [-0.05, 0) is 18.1 Å². The molecule has 0 saturated heterocycles. The summed E-state index contributed by atoms with van der Waals surface area (Å²) in [4.78, 5) is 0. The third kappa shape index (κ3) is 2.70. The Morgan fingerprint density at radius 3 is 1.68 bits per heavy atom. The van der Waals surface area contributed by atoms with Crippen LogP contribution in [0.4, 0.5) is 0 Å². The number of benzene rings is 2.